The molecule has 5 nitrogen and oxygen atoms in total. The van der Waals surface area contributed by atoms with E-state index >= 15 is 0 Å². The molecule has 2 aliphatic rings. The topological polar surface area (TPSA) is 64.8 Å². The second-order valence-corrected chi connectivity index (χ2v) is 15.6. The van der Waals surface area contributed by atoms with Crippen LogP contribution in [0.15, 0.2) is 186 Å². The van der Waals surface area contributed by atoms with Crippen LogP contribution in [0, 0.1) is 0 Å². The van der Waals surface area contributed by atoms with Crippen molar-refractivity contribution in [3.05, 3.63) is 198 Å². The van der Waals surface area contributed by atoms with E-state index in [1.54, 1.807) is 18.3 Å². The van der Waals surface area contributed by atoms with E-state index in [1.807, 2.05) is 66.9 Å². The number of nitrogens with zero attached hydrogens (tertiary/aromatic N) is 3. The van der Waals surface area contributed by atoms with E-state index < -0.39 is 15.3 Å². The van der Waals surface area contributed by atoms with E-state index in [-0.39, 0.29) is 0 Å². The number of pyridine rings is 2. The molecule has 1 spiro atoms. The maximum absolute atomic E-state index is 14.5. The van der Waals surface area contributed by atoms with Gasteiger partial charge in [-0.2, -0.15) is 0 Å². The fourth-order valence-electron chi connectivity index (χ4n) is 9.02. The molecule has 0 saturated heterocycles. The summed E-state index contributed by atoms with van der Waals surface area (Å²) >= 11 is 0. The predicted molar refractivity (Wildman–Crippen MR) is 210 cm³/mol. The van der Waals surface area contributed by atoms with Crippen molar-refractivity contribution >= 4 is 31.8 Å². The van der Waals surface area contributed by atoms with Gasteiger partial charge in [0.1, 0.15) is 11.5 Å². The lowest BCUT2D eigenvalue weighted by atomic mass is 9.63. The minimum Gasteiger partial charge on any atom is -0.278 e. The Kier molecular flexibility index (Phi) is 6.20. The Morgan fingerprint density at radius 2 is 1.04 bits per heavy atom. The molecule has 1 aliphatic carbocycles. The second-order valence-electron chi connectivity index (χ2n) is 13.7. The van der Waals surface area contributed by atoms with Crippen LogP contribution < -0.4 is 0 Å². The summed E-state index contributed by atoms with van der Waals surface area (Å²) in [7, 11) is -3.80. The minimum atomic E-state index is -3.80. The van der Waals surface area contributed by atoms with E-state index in [0.717, 1.165) is 83.4 Å². The summed E-state index contributed by atoms with van der Waals surface area (Å²) in [6, 6.07) is 55.5. The van der Waals surface area contributed by atoms with Crippen molar-refractivity contribution in [3.63, 3.8) is 0 Å². The van der Waals surface area contributed by atoms with Crippen LogP contribution in [0.3, 0.4) is 0 Å². The molecule has 4 heterocycles. The summed E-state index contributed by atoms with van der Waals surface area (Å²) in [6.45, 7) is 0. The van der Waals surface area contributed by atoms with Gasteiger partial charge in [0.15, 0.2) is 0 Å². The number of rotatable bonds is 2. The normalized spacial score (nSPS) is 14.5. The molecule has 250 valence electrons. The van der Waals surface area contributed by atoms with Gasteiger partial charge in [-0.15, -0.1) is 0 Å². The standard InChI is InChI=1S/C47H29N3O2S/c51-53(52)43-19-7-5-17-39(43)47(40-18-6-8-20-44(40)53)38-16-4-3-14-34(38)32-12-1-2-13-33(32)35-24-22-31(29-41(35)47)30-23-25-42-37(28-30)36-15-11-27-49-46(36)50(42)45-21-9-10-26-48-45/h1-29H. The highest BCUT2D eigenvalue weighted by Gasteiger charge is 2.51. The van der Waals surface area contributed by atoms with Crippen LogP contribution in [0.5, 0.6) is 0 Å². The first kappa shape index (κ1) is 30.0. The summed E-state index contributed by atoms with van der Waals surface area (Å²) in [5.74, 6) is 0.813. The molecule has 6 aromatic carbocycles. The summed E-state index contributed by atoms with van der Waals surface area (Å²) in [4.78, 5) is 10.1. The van der Waals surface area contributed by atoms with E-state index in [4.69, 9.17) is 4.98 Å². The van der Waals surface area contributed by atoms with Crippen LogP contribution in [0.1, 0.15) is 22.3 Å². The van der Waals surface area contributed by atoms with Gasteiger partial charge < -0.3 is 0 Å². The van der Waals surface area contributed by atoms with Gasteiger partial charge in [0.05, 0.1) is 20.7 Å². The first-order chi connectivity index (χ1) is 26.1. The lowest BCUT2D eigenvalue weighted by Gasteiger charge is -2.42. The predicted octanol–water partition coefficient (Wildman–Crippen LogP) is 10.4. The molecule has 0 N–H and O–H groups in total. The molecule has 0 unspecified atom stereocenters. The number of hydrogen-bond acceptors (Lipinski definition) is 4. The maximum atomic E-state index is 14.5. The van der Waals surface area contributed by atoms with Gasteiger partial charge in [-0.25, -0.2) is 18.4 Å². The van der Waals surface area contributed by atoms with E-state index in [0.29, 0.717) is 9.79 Å². The largest absolute Gasteiger partial charge is 0.278 e. The van der Waals surface area contributed by atoms with Crippen molar-refractivity contribution < 1.29 is 8.42 Å². The Labute approximate surface area is 306 Å². The third kappa shape index (κ3) is 3.98. The molecule has 0 atom stereocenters. The molecule has 1 aliphatic heterocycles. The molecule has 0 fully saturated rings. The fourth-order valence-corrected chi connectivity index (χ4v) is 10.8. The van der Waals surface area contributed by atoms with Gasteiger partial charge in [0, 0.05) is 23.2 Å². The quantitative estimate of drug-likeness (QED) is 0.180. The van der Waals surface area contributed by atoms with Crippen LogP contribution in [-0.2, 0) is 15.3 Å². The summed E-state index contributed by atoms with van der Waals surface area (Å²) in [5.41, 5.74) is 11.0. The third-order valence-electron chi connectivity index (χ3n) is 11.2. The highest BCUT2D eigenvalue weighted by Crippen LogP contribution is 2.59. The van der Waals surface area contributed by atoms with Crippen LogP contribution in [0.25, 0.3) is 61.1 Å². The number of aromatic nitrogens is 3. The first-order valence-electron chi connectivity index (χ1n) is 17.7. The Morgan fingerprint density at radius 3 is 1.75 bits per heavy atom. The Morgan fingerprint density at radius 1 is 0.453 bits per heavy atom. The zero-order valence-corrected chi connectivity index (χ0v) is 29.1. The van der Waals surface area contributed by atoms with E-state index in [2.05, 4.69) is 101 Å². The van der Waals surface area contributed by atoms with Crippen molar-refractivity contribution in [3.8, 4) is 39.2 Å². The third-order valence-corrected chi connectivity index (χ3v) is 13.0. The van der Waals surface area contributed by atoms with E-state index in [9.17, 15) is 8.42 Å². The van der Waals surface area contributed by atoms with Gasteiger partial charge in [0.25, 0.3) is 0 Å². The number of fused-ring (bicyclic) bond motifs is 14. The van der Waals surface area contributed by atoms with Gasteiger partial charge in [-0.05, 0) is 110 Å². The van der Waals surface area contributed by atoms with Crippen LogP contribution in [0.4, 0.5) is 0 Å². The van der Waals surface area contributed by atoms with Crippen molar-refractivity contribution in [2.45, 2.75) is 15.2 Å². The molecule has 3 aromatic heterocycles. The minimum absolute atomic E-state index is 0.340. The zero-order chi connectivity index (χ0) is 35.3. The molecule has 0 saturated carbocycles. The maximum Gasteiger partial charge on any atom is 0.207 e. The number of benzene rings is 6. The van der Waals surface area contributed by atoms with Crippen molar-refractivity contribution in [2.24, 2.45) is 0 Å². The van der Waals surface area contributed by atoms with Gasteiger partial charge >= 0.3 is 0 Å². The van der Waals surface area contributed by atoms with Gasteiger partial charge in [-0.3, -0.25) is 4.57 Å². The average molecular weight is 700 g/mol. The second kappa shape index (κ2) is 10.9. The lowest BCUT2D eigenvalue weighted by molar-refractivity contribution is 0.579. The fraction of sp³-hybridized carbons (Fsp3) is 0.0213. The SMILES string of the molecule is O=S1(=O)c2ccccc2C2(c3ccccc3-c3ccccc3-c3ccc(-c4ccc5c(c4)c4cccnc4n5-c4ccccn4)cc32)c2ccccc21. The monoisotopic (exact) mass is 699 g/mol. The molecule has 0 amide bonds. The highest BCUT2D eigenvalue weighted by atomic mass is 32.2. The van der Waals surface area contributed by atoms with Crippen molar-refractivity contribution in [1.82, 2.24) is 14.5 Å². The van der Waals surface area contributed by atoms with Crippen LogP contribution in [-0.4, -0.2) is 23.0 Å². The Bertz CT molecular complexity index is 3040. The summed E-state index contributed by atoms with van der Waals surface area (Å²) in [6.07, 6.45) is 3.63. The molecule has 9 aromatic rings. The molecule has 0 radical (unpaired) electrons. The Hall–Kier alpha value is -6.63. The molecular formula is C47H29N3O2S. The molecule has 11 rings (SSSR count). The van der Waals surface area contributed by atoms with Gasteiger partial charge in [0.2, 0.25) is 9.84 Å². The van der Waals surface area contributed by atoms with Crippen LogP contribution >= 0.6 is 0 Å². The molecule has 53 heavy (non-hydrogen) atoms. The number of hydrogen-bond donors (Lipinski definition) is 0. The summed E-state index contributed by atoms with van der Waals surface area (Å²) in [5, 5.41) is 2.13. The smallest absolute Gasteiger partial charge is 0.207 e. The van der Waals surface area contributed by atoms with Gasteiger partial charge in [-0.1, -0.05) is 109 Å². The molecular weight excluding hydrogens is 671 g/mol. The molecule has 0 bridgehead atoms. The van der Waals surface area contributed by atoms with Crippen molar-refractivity contribution in [1.29, 1.82) is 0 Å². The lowest BCUT2D eigenvalue weighted by Crippen LogP contribution is -2.38. The van der Waals surface area contributed by atoms with Crippen molar-refractivity contribution in [2.75, 3.05) is 0 Å². The zero-order valence-electron chi connectivity index (χ0n) is 28.3. The summed E-state index contributed by atoms with van der Waals surface area (Å²) < 4.78 is 31.0. The highest BCUT2D eigenvalue weighted by molar-refractivity contribution is 7.91. The number of sulfone groups is 1. The van der Waals surface area contributed by atoms with E-state index in [1.165, 1.54) is 0 Å². The first-order valence-corrected chi connectivity index (χ1v) is 19.1. The molecule has 6 heteroatoms. The average Bonchev–Trinajstić information content (AvgIpc) is 3.50. The van der Waals surface area contributed by atoms with Crippen LogP contribution in [0.2, 0.25) is 0 Å². The Balaban J connectivity index is 1.26.